The molecule has 2 aliphatic carbocycles. The molecule has 11 nitrogen and oxygen atoms in total. The summed E-state index contributed by atoms with van der Waals surface area (Å²) < 4.78 is 18.7. The number of nitrogens with one attached hydrogen (secondary N) is 1. The minimum Gasteiger partial charge on any atom is -0.462 e. The molecule has 0 amide bonds. The van der Waals surface area contributed by atoms with Crippen LogP contribution >= 0.6 is 0 Å². The molecule has 11 heteroatoms. The Morgan fingerprint density at radius 2 is 2.03 bits per heavy atom. The van der Waals surface area contributed by atoms with Crippen LogP contribution in [-0.2, 0) is 20.7 Å². The fourth-order valence-corrected chi connectivity index (χ4v) is 4.62. The third-order valence-electron chi connectivity index (χ3n) is 6.73. The number of carbonyl (C=O) groups is 2. The molecule has 184 valence electrons. The van der Waals surface area contributed by atoms with E-state index in [1.54, 1.807) is 24.3 Å². The topological polar surface area (TPSA) is 134 Å². The van der Waals surface area contributed by atoms with Crippen LogP contribution in [0.1, 0.15) is 67.9 Å². The summed E-state index contributed by atoms with van der Waals surface area (Å²) in [5.74, 6) is 0.725. The molecule has 2 aromatic heterocycles. The smallest absolute Gasteiger partial charge is 0.341 e. The number of nitrogens with zero attached hydrogens (tertiary/aromatic N) is 5. The maximum atomic E-state index is 12.6. The van der Waals surface area contributed by atoms with Crippen molar-refractivity contribution in [2.24, 2.45) is 11.8 Å². The summed E-state index contributed by atoms with van der Waals surface area (Å²) >= 11 is 0. The largest absolute Gasteiger partial charge is 0.462 e. The monoisotopic (exact) mass is 480 g/mol. The molecule has 1 aromatic carbocycles. The molecule has 1 fully saturated rings. The Balaban J connectivity index is 1.23. The molecule has 0 spiro atoms. The summed E-state index contributed by atoms with van der Waals surface area (Å²) in [5.41, 5.74) is 3.35. The van der Waals surface area contributed by atoms with Gasteiger partial charge in [0.25, 0.3) is 0 Å². The van der Waals surface area contributed by atoms with E-state index in [9.17, 15) is 9.59 Å². The van der Waals surface area contributed by atoms with Crippen molar-refractivity contribution in [2.45, 2.75) is 58.8 Å². The number of fused-ring (bicyclic) bond motifs is 3. The second-order valence-corrected chi connectivity index (χ2v) is 9.30. The third-order valence-corrected chi connectivity index (χ3v) is 6.73. The number of tetrazole rings is 1. The zero-order valence-electron chi connectivity index (χ0n) is 20.1. The Morgan fingerprint density at radius 1 is 1.23 bits per heavy atom. The molecule has 1 N–H and O–H groups in total. The van der Waals surface area contributed by atoms with E-state index in [1.807, 2.05) is 25.5 Å². The predicted molar refractivity (Wildman–Crippen MR) is 122 cm³/mol. The normalized spacial score (nSPS) is 20.5. The number of para-hydroxylation sites is 1. The number of esters is 2. The zero-order valence-corrected chi connectivity index (χ0v) is 20.1. The first kappa shape index (κ1) is 23.2. The number of aromatic amines is 1. The van der Waals surface area contributed by atoms with E-state index < -0.39 is 11.9 Å². The standard InChI is InChI=1S/C24H28N6O5/c1-12(11-33-24(32)17-7-5-6-8-20(17)35-15(4)31)13(2)34-14(3)30-22(23-25-28-29-26-23)19-10-16-9-18(16)21(19)27-30/h5-8,12-14,16,18H,9-11H2,1-4H3,(H,25,26,28,29). The number of carbonyl (C=O) groups excluding carboxylic acids is 2. The second kappa shape index (κ2) is 9.21. The van der Waals surface area contributed by atoms with Crippen LogP contribution in [0.15, 0.2) is 24.3 Å². The van der Waals surface area contributed by atoms with Gasteiger partial charge in [-0.05, 0) is 50.0 Å². The number of H-pyrrole nitrogens is 1. The van der Waals surface area contributed by atoms with E-state index in [2.05, 4.69) is 20.6 Å². The molecule has 0 bridgehead atoms. The van der Waals surface area contributed by atoms with Crippen molar-refractivity contribution in [3.8, 4) is 17.3 Å². The first-order valence-corrected chi connectivity index (χ1v) is 11.8. The van der Waals surface area contributed by atoms with E-state index >= 15 is 0 Å². The lowest BCUT2D eigenvalue weighted by atomic mass is 10.1. The van der Waals surface area contributed by atoms with Crippen LogP contribution in [0.3, 0.4) is 0 Å². The molecule has 5 rings (SSSR count). The Labute approximate surface area is 202 Å². The SMILES string of the molecule is CC(=O)Oc1ccccc1C(=O)OCC(C)C(C)OC(C)n1nc2c(c1-c1nn[nH]n1)CC1CC21. The molecule has 2 aliphatic rings. The van der Waals surface area contributed by atoms with E-state index in [4.69, 9.17) is 19.3 Å². The van der Waals surface area contributed by atoms with Gasteiger partial charge >= 0.3 is 11.9 Å². The number of aromatic nitrogens is 6. The van der Waals surface area contributed by atoms with Crippen LogP contribution in [-0.4, -0.2) is 55.1 Å². The number of benzene rings is 1. The quantitative estimate of drug-likeness (QED) is 0.362. The summed E-state index contributed by atoms with van der Waals surface area (Å²) in [7, 11) is 0. The summed E-state index contributed by atoms with van der Waals surface area (Å²) in [6, 6.07) is 6.49. The molecule has 0 aliphatic heterocycles. The average molecular weight is 481 g/mol. The van der Waals surface area contributed by atoms with Gasteiger partial charge in [0, 0.05) is 24.3 Å². The maximum Gasteiger partial charge on any atom is 0.341 e. The Hall–Kier alpha value is -3.60. The Bertz CT molecular complexity index is 1240. The highest BCUT2D eigenvalue weighted by atomic mass is 16.6. The maximum absolute atomic E-state index is 12.6. The fourth-order valence-electron chi connectivity index (χ4n) is 4.62. The van der Waals surface area contributed by atoms with Crippen LogP contribution in [0.5, 0.6) is 5.75 Å². The molecule has 2 heterocycles. The van der Waals surface area contributed by atoms with Crippen LogP contribution < -0.4 is 4.74 Å². The lowest BCUT2D eigenvalue weighted by Gasteiger charge is -2.25. The van der Waals surface area contributed by atoms with Crippen molar-refractivity contribution >= 4 is 11.9 Å². The van der Waals surface area contributed by atoms with Crippen molar-refractivity contribution < 1.29 is 23.8 Å². The predicted octanol–water partition coefficient (Wildman–Crippen LogP) is 3.06. The van der Waals surface area contributed by atoms with Crippen molar-refractivity contribution in [1.82, 2.24) is 30.4 Å². The second-order valence-electron chi connectivity index (χ2n) is 9.30. The van der Waals surface area contributed by atoms with Gasteiger partial charge in [-0.1, -0.05) is 19.1 Å². The molecule has 1 saturated carbocycles. The molecule has 0 radical (unpaired) electrons. The lowest BCUT2D eigenvalue weighted by Crippen LogP contribution is -2.27. The van der Waals surface area contributed by atoms with Crippen molar-refractivity contribution in [1.29, 1.82) is 0 Å². The van der Waals surface area contributed by atoms with Gasteiger partial charge in [0.2, 0.25) is 5.82 Å². The first-order valence-electron chi connectivity index (χ1n) is 11.8. The molecule has 5 unspecified atom stereocenters. The number of ether oxygens (including phenoxy) is 3. The molecule has 35 heavy (non-hydrogen) atoms. The zero-order chi connectivity index (χ0) is 24.7. The van der Waals surface area contributed by atoms with Gasteiger partial charge in [0.1, 0.15) is 23.2 Å². The fraction of sp³-hybridized carbons (Fsp3) is 0.500. The third kappa shape index (κ3) is 4.55. The number of hydrogen-bond donors (Lipinski definition) is 1. The minimum atomic E-state index is -0.559. The van der Waals surface area contributed by atoms with Gasteiger partial charge in [0.05, 0.1) is 18.4 Å². The van der Waals surface area contributed by atoms with Gasteiger partial charge < -0.3 is 14.2 Å². The van der Waals surface area contributed by atoms with Gasteiger partial charge in [-0.25, -0.2) is 9.48 Å². The van der Waals surface area contributed by atoms with Crippen molar-refractivity contribution in [2.75, 3.05) is 6.61 Å². The highest BCUT2D eigenvalue weighted by Gasteiger charge is 2.49. The van der Waals surface area contributed by atoms with Gasteiger partial charge in [-0.3, -0.25) is 4.79 Å². The first-order chi connectivity index (χ1) is 16.8. The van der Waals surface area contributed by atoms with Crippen LogP contribution in [0.25, 0.3) is 11.5 Å². The number of rotatable bonds is 9. The minimum absolute atomic E-state index is 0.105. The molecule has 0 saturated heterocycles. The molecular formula is C24H28N6O5. The molecular weight excluding hydrogens is 452 g/mol. The van der Waals surface area contributed by atoms with E-state index in [0.717, 1.165) is 17.8 Å². The Morgan fingerprint density at radius 3 is 2.77 bits per heavy atom. The highest BCUT2D eigenvalue weighted by molar-refractivity contribution is 5.93. The van der Waals surface area contributed by atoms with E-state index in [-0.39, 0.29) is 36.2 Å². The van der Waals surface area contributed by atoms with Gasteiger partial charge in [-0.15, -0.1) is 10.2 Å². The lowest BCUT2D eigenvalue weighted by molar-refractivity contribution is -0.131. The van der Waals surface area contributed by atoms with Crippen LogP contribution in [0.2, 0.25) is 0 Å². The number of hydrogen-bond acceptors (Lipinski definition) is 9. The summed E-state index contributed by atoms with van der Waals surface area (Å²) in [6.07, 6.45) is 1.54. The summed E-state index contributed by atoms with van der Waals surface area (Å²) in [4.78, 5) is 23.9. The van der Waals surface area contributed by atoms with Crippen LogP contribution in [0, 0.1) is 11.8 Å². The van der Waals surface area contributed by atoms with Crippen molar-refractivity contribution in [3.63, 3.8) is 0 Å². The molecule has 3 aromatic rings. The van der Waals surface area contributed by atoms with E-state index in [0.29, 0.717) is 17.7 Å². The van der Waals surface area contributed by atoms with Crippen LogP contribution in [0.4, 0.5) is 0 Å². The van der Waals surface area contributed by atoms with Crippen molar-refractivity contribution in [3.05, 3.63) is 41.1 Å². The highest BCUT2D eigenvalue weighted by Crippen LogP contribution is 2.57. The average Bonchev–Trinajstić information content (AvgIpc) is 3.17. The van der Waals surface area contributed by atoms with Gasteiger partial charge in [-0.2, -0.15) is 10.3 Å². The van der Waals surface area contributed by atoms with E-state index in [1.165, 1.54) is 18.9 Å². The molecule has 5 atom stereocenters. The summed E-state index contributed by atoms with van der Waals surface area (Å²) in [5, 5.41) is 19.5. The van der Waals surface area contributed by atoms with Gasteiger partial charge in [0.15, 0.2) is 0 Å². The Kier molecular flexibility index (Phi) is 6.10. The summed E-state index contributed by atoms with van der Waals surface area (Å²) in [6.45, 7) is 7.23.